The molecule has 0 radical (unpaired) electrons. The summed E-state index contributed by atoms with van der Waals surface area (Å²) in [6.07, 6.45) is 3.26. The van der Waals surface area contributed by atoms with Crippen LogP contribution in [0.25, 0.3) is 0 Å². The normalized spacial score (nSPS) is 11.4. The largest absolute Gasteiger partial charge is 0.341 e. The Morgan fingerprint density at radius 2 is 1.81 bits per heavy atom. The quantitative estimate of drug-likeness (QED) is 0.765. The number of aromatic nitrogens is 1. The third-order valence-electron chi connectivity index (χ3n) is 4.15. The van der Waals surface area contributed by atoms with Crippen LogP contribution in [0.15, 0.2) is 48.8 Å². The Kier molecular flexibility index (Phi) is 7.05. The first-order valence-corrected chi connectivity index (χ1v) is 8.77. The third kappa shape index (κ3) is 5.91. The van der Waals surface area contributed by atoms with Gasteiger partial charge in [-0.3, -0.25) is 19.4 Å². The number of carbonyl (C=O) groups excluding carboxylic acids is 3. The van der Waals surface area contributed by atoms with Gasteiger partial charge in [-0.1, -0.05) is 12.1 Å². The number of hydrogen-bond acceptors (Lipinski definition) is 4. The van der Waals surface area contributed by atoms with E-state index in [1.807, 2.05) is 13.0 Å². The summed E-state index contributed by atoms with van der Waals surface area (Å²) in [5, 5.41) is 5.25. The zero-order valence-electron chi connectivity index (χ0n) is 15.7. The second-order valence-corrected chi connectivity index (χ2v) is 6.16. The summed E-state index contributed by atoms with van der Waals surface area (Å²) in [5.41, 5.74) is 2.23. The summed E-state index contributed by atoms with van der Waals surface area (Å²) in [6.45, 7) is 6.26. The molecule has 0 fully saturated rings. The number of hydrogen-bond donors (Lipinski definition) is 2. The average molecular weight is 368 g/mol. The van der Waals surface area contributed by atoms with Gasteiger partial charge >= 0.3 is 11.8 Å². The van der Waals surface area contributed by atoms with Crippen LogP contribution < -0.4 is 10.6 Å². The van der Waals surface area contributed by atoms with Gasteiger partial charge in [0.05, 0.1) is 6.04 Å². The standard InChI is InChI=1S/C20H24N4O3/c1-4-24(15(3)25)13-16-6-5-7-18(12-16)23-20(27)19(26)22-14(2)17-8-10-21-11-9-17/h5-12,14H,4,13H2,1-3H3,(H,22,26)(H,23,27). The number of pyridine rings is 1. The molecule has 7 heteroatoms. The molecule has 1 aromatic heterocycles. The van der Waals surface area contributed by atoms with E-state index in [4.69, 9.17) is 0 Å². The van der Waals surface area contributed by atoms with Gasteiger partial charge in [-0.25, -0.2) is 0 Å². The van der Waals surface area contributed by atoms with Crippen molar-refractivity contribution in [2.75, 3.05) is 11.9 Å². The Labute approximate surface area is 158 Å². The first kappa shape index (κ1) is 20.1. The maximum atomic E-state index is 12.2. The number of anilines is 1. The van der Waals surface area contributed by atoms with Crippen LogP contribution in [0, 0.1) is 0 Å². The van der Waals surface area contributed by atoms with Crippen LogP contribution >= 0.6 is 0 Å². The van der Waals surface area contributed by atoms with Gasteiger partial charge in [-0.15, -0.1) is 0 Å². The number of nitrogens with zero attached hydrogens (tertiary/aromatic N) is 2. The second-order valence-electron chi connectivity index (χ2n) is 6.16. The fraction of sp³-hybridized carbons (Fsp3) is 0.300. The Bertz CT molecular complexity index is 808. The van der Waals surface area contributed by atoms with Crippen molar-refractivity contribution in [2.45, 2.75) is 33.4 Å². The number of amides is 3. The first-order valence-electron chi connectivity index (χ1n) is 8.77. The Balaban J connectivity index is 1.97. The maximum Gasteiger partial charge on any atom is 0.313 e. The van der Waals surface area contributed by atoms with Gasteiger partial charge < -0.3 is 15.5 Å². The molecule has 3 amide bonds. The van der Waals surface area contributed by atoms with Gasteiger partial charge in [0.2, 0.25) is 5.91 Å². The lowest BCUT2D eigenvalue weighted by Crippen LogP contribution is -2.37. The van der Waals surface area contributed by atoms with Crippen LogP contribution in [0.4, 0.5) is 5.69 Å². The molecule has 1 heterocycles. The van der Waals surface area contributed by atoms with Crippen molar-refractivity contribution >= 4 is 23.4 Å². The number of carbonyl (C=O) groups is 3. The lowest BCUT2D eigenvalue weighted by molar-refractivity contribution is -0.136. The van der Waals surface area contributed by atoms with Crippen LogP contribution in [0.5, 0.6) is 0 Å². The maximum absolute atomic E-state index is 12.2. The van der Waals surface area contributed by atoms with Gasteiger partial charge in [0.15, 0.2) is 0 Å². The zero-order chi connectivity index (χ0) is 19.8. The highest BCUT2D eigenvalue weighted by molar-refractivity contribution is 6.39. The predicted octanol–water partition coefficient (Wildman–Crippen LogP) is 2.27. The molecule has 2 N–H and O–H groups in total. The van der Waals surface area contributed by atoms with E-state index in [0.717, 1.165) is 11.1 Å². The van der Waals surface area contributed by atoms with Gasteiger partial charge in [-0.05, 0) is 49.2 Å². The molecule has 0 spiro atoms. The van der Waals surface area contributed by atoms with Crippen LogP contribution in [-0.2, 0) is 20.9 Å². The lowest BCUT2D eigenvalue weighted by atomic mass is 10.1. The van der Waals surface area contributed by atoms with Crippen molar-refractivity contribution in [3.05, 3.63) is 59.9 Å². The van der Waals surface area contributed by atoms with E-state index in [1.54, 1.807) is 54.5 Å². The molecule has 1 unspecified atom stereocenters. The minimum atomic E-state index is -0.744. The molecule has 1 atom stereocenters. The molecule has 0 saturated carbocycles. The van der Waals surface area contributed by atoms with Crippen molar-refractivity contribution < 1.29 is 14.4 Å². The monoisotopic (exact) mass is 368 g/mol. The molecule has 27 heavy (non-hydrogen) atoms. The summed E-state index contributed by atoms with van der Waals surface area (Å²) in [7, 11) is 0. The van der Waals surface area contributed by atoms with E-state index in [2.05, 4.69) is 15.6 Å². The molecule has 0 bridgehead atoms. The van der Waals surface area contributed by atoms with Crippen LogP contribution in [0.1, 0.15) is 37.9 Å². The predicted molar refractivity (Wildman–Crippen MR) is 103 cm³/mol. The second kappa shape index (κ2) is 9.47. The van der Waals surface area contributed by atoms with Gasteiger partial charge in [0, 0.05) is 38.1 Å². The first-order chi connectivity index (χ1) is 12.9. The lowest BCUT2D eigenvalue weighted by Gasteiger charge is -2.19. The van der Waals surface area contributed by atoms with E-state index in [1.165, 1.54) is 6.92 Å². The van der Waals surface area contributed by atoms with Crippen molar-refractivity contribution in [1.29, 1.82) is 0 Å². The minimum Gasteiger partial charge on any atom is -0.341 e. The zero-order valence-corrected chi connectivity index (χ0v) is 15.7. The van der Waals surface area contributed by atoms with E-state index in [-0.39, 0.29) is 11.9 Å². The third-order valence-corrected chi connectivity index (χ3v) is 4.15. The number of rotatable bonds is 6. The molecular weight excluding hydrogens is 344 g/mol. The highest BCUT2D eigenvalue weighted by Gasteiger charge is 2.17. The molecule has 2 aromatic rings. The highest BCUT2D eigenvalue weighted by atomic mass is 16.2. The van der Waals surface area contributed by atoms with Crippen molar-refractivity contribution in [3.8, 4) is 0 Å². The topological polar surface area (TPSA) is 91.4 Å². The molecular formula is C20H24N4O3. The van der Waals surface area contributed by atoms with E-state index >= 15 is 0 Å². The van der Waals surface area contributed by atoms with E-state index in [0.29, 0.717) is 18.8 Å². The van der Waals surface area contributed by atoms with Crippen LogP contribution in [0.2, 0.25) is 0 Å². The molecule has 2 rings (SSSR count). The van der Waals surface area contributed by atoms with Crippen molar-refractivity contribution in [2.24, 2.45) is 0 Å². The smallest absolute Gasteiger partial charge is 0.313 e. The van der Waals surface area contributed by atoms with E-state index in [9.17, 15) is 14.4 Å². The van der Waals surface area contributed by atoms with E-state index < -0.39 is 11.8 Å². The summed E-state index contributed by atoms with van der Waals surface area (Å²) in [4.78, 5) is 41.5. The average Bonchev–Trinajstić information content (AvgIpc) is 2.66. The summed E-state index contributed by atoms with van der Waals surface area (Å²) in [6, 6.07) is 10.3. The Morgan fingerprint density at radius 1 is 1.11 bits per heavy atom. The molecule has 0 aliphatic heterocycles. The van der Waals surface area contributed by atoms with Gasteiger partial charge in [0.25, 0.3) is 0 Å². The van der Waals surface area contributed by atoms with Crippen molar-refractivity contribution in [3.63, 3.8) is 0 Å². The highest BCUT2D eigenvalue weighted by Crippen LogP contribution is 2.14. The Morgan fingerprint density at radius 3 is 2.44 bits per heavy atom. The number of benzene rings is 1. The molecule has 0 aliphatic carbocycles. The molecule has 7 nitrogen and oxygen atoms in total. The molecule has 1 aromatic carbocycles. The van der Waals surface area contributed by atoms with Gasteiger partial charge in [0.1, 0.15) is 0 Å². The van der Waals surface area contributed by atoms with Crippen LogP contribution in [0.3, 0.4) is 0 Å². The SMILES string of the molecule is CCN(Cc1cccc(NC(=O)C(=O)NC(C)c2ccncc2)c1)C(C)=O. The fourth-order valence-electron chi connectivity index (χ4n) is 2.60. The summed E-state index contributed by atoms with van der Waals surface area (Å²) >= 11 is 0. The molecule has 0 saturated heterocycles. The minimum absolute atomic E-state index is 0.0172. The Hall–Kier alpha value is -3.22. The van der Waals surface area contributed by atoms with Gasteiger partial charge in [-0.2, -0.15) is 0 Å². The molecule has 142 valence electrons. The van der Waals surface area contributed by atoms with Crippen molar-refractivity contribution in [1.82, 2.24) is 15.2 Å². The number of nitrogens with one attached hydrogen (secondary N) is 2. The van der Waals surface area contributed by atoms with Crippen LogP contribution in [-0.4, -0.2) is 34.2 Å². The fourth-order valence-corrected chi connectivity index (χ4v) is 2.60. The summed E-state index contributed by atoms with van der Waals surface area (Å²) < 4.78 is 0. The summed E-state index contributed by atoms with van der Waals surface area (Å²) in [5.74, 6) is -1.48. The molecule has 0 aliphatic rings.